The SMILES string of the molecule is C=C/C=C(/C=O)C(=N)N. The Morgan fingerprint density at radius 1 is 1.67 bits per heavy atom. The summed E-state index contributed by atoms with van der Waals surface area (Å²) in [6.07, 6.45) is 3.31. The molecule has 0 rings (SSSR count). The van der Waals surface area contributed by atoms with Crippen molar-refractivity contribution in [3.63, 3.8) is 0 Å². The molecule has 3 nitrogen and oxygen atoms in total. The summed E-state index contributed by atoms with van der Waals surface area (Å²) in [5.41, 5.74) is 5.13. The topological polar surface area (TPSA) is 66.9 Å². The van der Waals surface area contributed by atoms with Crippen LogP contribution in [0.2, 0.25) is 0 Å². The van der Waals surface area contributed by atoms with Crippen molar-refractivity contribution in [2.24, 2.45) is 5.73 Å². The van der Waals surface area contributed by atoms with Crippen LogP contribution in [0.1, 0.15) is 0 Å². The van der Waals surface area contributed by atoms with Crippen LogP contribution in [0.5, 0.6) is 0 Å². The fourth-order valence-corrected chi connectivity index (χ4v) is 0.320. The lowest BCUT2D eigenvalue weighted by Gasteiger charge is -1.89. The van der Waals surface area contributed by atoms with E-state index in [1.807, 2.05) is 0 Å². The number of hydrogen-bond donors (Lipinski definition) is 2. The van der Waals surface area contributed by atoms with Crippen LogP contribution in [-0.2, 0) is 4.79 Å². The van der Waals surface area contributed by atoms with Gasteiger partial charge in [0, 0.05) is 0 Å². The lowest BCUT2D eigenvalue weighted by molar-refractivity contribution is -0.104. The van der Waals surface area contributed by atoms with Crippen LogP contribution in [0.4, 0.5) is 0 Å². The van der Waals surface area contributed by atoms with Gasteiger partial charge < -0.3 is 5.73 Å². The summed E-state index contributed by atoms with van der Waals surface area (Å²) < 4.78 is 0. The highest BCUT2D eigenvalue weighted by atomic mass is 16.1. The Morgan fingerprint density at radius 3 is 2.33 bits per heavy atom. The predicted molar refractivity (Wildman–Crippen MR) is 36.3 cm³/mol. The van der Waals surface area contributed by atoms with Gasteiger partial charge in [-0.05, 0) is 6.08 Å². The van der Waals surface area contributed by atoms with Crippen molar-refractivity contribution >= 4 is 12.1 Å². The Labute approximate surface area is 53.4 Å². The van der Waals surface area contributed by atoms with Gasteiger partial charge in [0.05, 0.1) is 5.57 Å². The number of rotatable bonds is 3. The normalized spacial score (nSPS) is 10.4. The first-order valence-electron chi connectivity index (χ1n) is 2.34. The second-order valence-corrected chi connectivity index (χ2v) is 1.39. The van der Waals surface area contributed by atoms with Crippen LogP contribution in [0, 0.1) is 5.41 Å². The fraction of sp³-hybridized carbons (Fsp3) is 0. The number of nitrogens with one attached hydrogen (secondary N) is 1. The molecule has 0 spiro atoms. The van der Waals surface area contributed by atoms with Crippen LogP contribution in [0.25, 0.3) is 0 Å². The second kappa shape index (κ2) is 3.60. The summed E-state index contributed by atoms with van der Waals surface area (Å²) >= 11 is 0. The maximum absolute atomic E-state index is 10.00. The van der Waals surface area contributed by atoms with Crippen molar-refractivity contribution in [3.8, 4) is 0 Å². The number of hydrogen-bond acceptors (Lipinski definition) is 2. The molecule has 0 bridgehead atoms. The molecular formula is C6H8N2O. The molecule has 0 aliphatic rings. The van der Waals surface area contributed by atoms with Crippen molar-refractivity contribution in [2.75, 3.05) is 0 Å². The summed E-state index contributed by atoms with van der Waals surface area (Å²) in [4.78, 5) is 10.00. The highest BCUT2D eigenvalue weighted by Gasteiger charge is 1.93. The van der Waals surface area contributed by atoms with Gasteiger partial charge in [0.25, 0.3) is 0 Å². The smallest absolute Gasteiger partial charge is 0.153 e. The Bertz CT molecular complexity index is 170. The Kier molecular flexibility index (Phi) is 3.05. The monoisotopic (exact) mass is 124 g/mol. The summed E-state index contributed by atoms with van der Waals surface area (Å²) in [6.45, 7) is 3.34. The third-order valence-electron chi connectivity index (χ3n) is 0.735. The average molecular weight is 124 g/mol. The summed E-state index contributed by atoms with van der Waals surface area (Å²) in [7, 11) is 0. The van der Waals surface area contributed by atoms with E-state index in [1.165, 1.54) is 12.2 Å². The van der Waals surface area contributed by atoms with Gasteiger partial charge >= 0.3 is 0 Å². The molecule has 48 valence electrons. The lowest BCUT2D eigenvalue weighted by atomic mass is 10.2. The van der Waals surface area contributed by atoms with E-state index in [0.29, 0.717) is 6.29 Å². The molecular weight excluding hydrogens is 116 g/mol. The van der Waals surface area contributed by atoms with Gasteiger partial charge in [0.1, 0.15) is 5.84 Å². The van der Waals surface area contributed by atoms with Gasteiger partial charge in [-0.2, -0.15) is 0 Å². The first-order chi connectivity index (χ1) is 4.22. The van der Waals surface area contributed by atoms with E-state index in [1.54, 1.807) is 0 Å². The van der Waals surface area contributed by atoms with Crippen LogP contribution in [0.3, 0.4) is 0 Å². The average Bonchev–Trinajstić information content (AvgIpc) is 1.82. The lowest BCUT2D eigenvalue weighted by Crippen LogP contribution is -2.13. The molecule has 0 aromatic rings. The molecule has 0 aromatic heterocycles. The maximum atomic E-state index is 10.00. The zero-order chi connectivity index (χ0) is 7.28. The van der Waals surface area contributed by atoms with E-state index in [-0.39, 0.29) is 11.4 Å². The second-order valence-electron chi connectivity index (χ2n) is 1.39. The number of aldehydes is 1. The summed E-state index contributed by atoms with van der Waals surface area (Å²) in [5, 5.41) is 6.79. The zero-order valence-electron chi connectivity index (χ0n) is 4.92. The van der Waals surface area contributed by atoms with E-state index in [2.05, 4.69) is 6.58 Å². The van der Waals surface area contributed by atoms with E-state index < -0.39 is 0 Å². The minimum absolute atomic E-state index is 0.157. The summed E-state index contributed by atoms with van der Waals surface area (Å²) in [6, 6.07) is 0. The quantitative estimate of drug-likeness (QED) is 0.186. The molecule has 0 aliphatic heterocycles. The fourth-order valence-electron chi connectivity index (χ4n) is 0.320. The van der Waals surface area contributed by atoms with Crippen LogP contribution >= 0.6 is 0 Å². The molecule has 0 aliphatic carbocycles. The van der Waals surface area contributed by atoms with Crippen molar-refractivity contribution in [1.29, 1.82) is 5.41 Å². The van der Waals surface area contributed by atoms with Crippen molar-refractivity contribution in [1.82, 2.24) is 0 Å². The highest BCUT2D eigenvalue weighted by molar-refractivity contribution is 6.11. The molecule has 3 N–H and O–H groups in total. The maximum Gasteiger partial charge on any atom is 0.153 e. The van der Waals surface area contributed by atoms with Gasteiger partial charge in [-0.15, -0.1) is 0 Å². The van der Waals surface area contributed by atoms with Gasteiger partial charge in [-0.3, -0.25) is 10.2 Å². The first kappa shape index (κ1) is 7.62. The Balaban J connectivity index is 4.32. The van der Waals surface area contributed by atoms with Crippen LogP contribution in [-0.4, -0.2) is 12.1 Å². The number of amidine groups is 1. The minimum atomic E-state index is -0.232. The number of allylic oxidation sites excluding steroid dienone is 2. The van der Waals surface area contributed by atoms with Gasteiger partial charge in [-0.25, -0.2) is 0 Å². The van der Waals surface area contributed by atoms with Crippen molar-refractivity contribution < 1.29 is 4.79 Å². The molecule has 0 saturated heterocycles. The molecule has 0 heterocycles. The predicted octanol–water partition coefficient (Wildman–Crippen LogP) is 0.234. The molecule has 0 fully saturated rings. The molecule has 0 atom stereocenters. The molecule has 3 heteroatoms. The molecule has 0 amide bonds. The summed E-state index contributed by atoms with van der Waals surface area (Å²) in [5.74, 6) is -0.232. The molecule has 0 unspecified atom stereocenters. The van der Waals surface area contributed by atoms with Gasteiger partial charge in [0.2, 0.25) is 0 Å². The van der Waals surface area contributed by atoms with E-state index >= 15 is 0 Å². The number of carbonyl (C=O) groups is 1. The van der Waals surface area contributed by atoms with Crippen molar-refractivity contribution in [3.05, 3.63) is 24.3 Å². The molecule has 9 heavy (non-hydrogen) atoms. The van der Waals surface area contributed by atoms with Gasteiger partial charge in [-0.1, -0.05) is 12.7 Å². The largest absolute Gasteiger partial charge is 0.384 e. The van der Waals surface area contributed by atoms with Gasteiger partial charge in [0.15, 0.2) is 6.29 Å². The Hall–Kier alpha value is -1.38. The first-order valence-corrected chi connectivity index (χ1v) is 2.34. The highest BCUT2D eigenvalue weighted by Crippen LogP contribution is 1.86. The van der Waals surface area contributed by atoms with Crippen molar-refractivity contribution in [2.45, 2.75) is 0 Å². The zero-order valence-corrected chi connectivity index (χ0v) is 4.92. The van der Waals surface area contributed by atoms with E-state index in [4.69, 9.17) is 11.1 Å². The molecule has 0 saturated carbocycles. The molecule has 0 radical (unpaired) electrons. The number of nitrogens with two attached hydrogens (primary N) is 1. The third kappa shape index (κ3) is 2.43. The minimum Gasteiger partial charge on any atom is -0.384 e. The van der Waals surface area contributed by atoms with E-state index in [0.717, 1.165) is 0 Å². The molecule has 0 aromatic carbocycles. The van der Waals surface area contributed by atoms with Crippen LogP contribution in [0.15, 0.2) is 24.3 Å². The Morgan fingerprint density at radius 2 is 2.22 bits per heavy atom. The third-order valence-corrected chi connectivity index (χ3v) is 0.735. The number of carbonyl (C=O) groups excluding carboxylic acids is 1. The van der Waals surface area contributed by atoms with Crippen LogP contribution < -0.4 is 5.73 Å². The standard InChI is InChI=1S/C6H8N2O/c1-2-3-5(4-9)6(7)8/h2-4H,1H2,(H3,7,8)/b5-3-. The van der Waals surface area contributed by atoms with E-state index in [9.17, 15) is 4.79 Å².